The lowest BCUT2D eigenvalue weighted by atomic mass is 10.4. The number of hydrogen-bond donors (Lipinski definition) is 1. The van der Waals surface area contributed by atoms with Gasteiger partial charge in [0.25, 0.3) is 0 Å². The van der Waals surface area contributed by atoms with Crippen molar-refractivity contribution in [3.05, 3.63) is 18.2 Å². The normalized spacial score (nSPS) is 9.64. The van der Waals surface area contributed by atoms with Crippen molar-refractivity contribution in [2.45, 2.75) is 6.92 Å². The highest BCUT2D eigenvalue weighted by Crippen LogP contribution is 2.10. The van der Waals surface area contributed by atoms with Crippen molar-refractivity contribution in [1.82, 2.24) is 9.97 Å². The summed E-state index contributed by atoms with van der Waals surface area (Å²) in [6, 6.07) is 0. The third-order valence-corrected chi connectivity index (χ3v) is 1.24. The van der Waals surface area contributed by atoms with Crippen LogP contribution in [0, 0.1) is 6.92 Å². The molecule has 0 aliphatic carbocycles. The maximum absolute atomic E-state index is 5.26. The van der Waals surface area contributed by atoms with E-state index < -0.39 is 0 Å². The average Bonchev–Trinajstić information content (AvgIpc) is 2.03. The molecule has 11 heavy (non-hydrogen) atoms. The number of aromatic nitrogens is 2. The lowest BCUT2D eigenvalue weighted by Gasteiger charge is -2.04. The third-order valence-electron chi connectivity index (χ3n) is 1.24. The molecule has 1 aromatic heterocycles. The van der Waals surface area contributed by atoms with Crippen LogP contribution in [0.15, 0.2) is 12.5 Å². The Hall–Kier alpha value is -1.16. The Morgan fingerprint density at radius 3 is 3.09 bits per heavy atom. The van der Waals surface area contributed by atoms with Gasteiger partial charge in [-0.3, -0.25) is 0 Å². The molecule has 0 aliphatic heterocycles. The largest absolute Gasteiger partial charge is 0.489 e. The number of aryl methyl sites for hydroxylation is 1. The van der Waals surface area contributed by atoms with Crippen molar-refractivity contribution in [3.8, 4) is 5.75 Å². The first-order valence-electron chi connectivity index (χ1n) is 3.44. The minimum Gasteiger partial charge on any atom is -0.489 e. The van der Waals surface area contributed by atoms with Crippen LogP contribution in [0.25, 0.3) is 0 Å². The lowest BCUT2D eigenvalue weighted by Crippen LogP contribution is -2.11. The van der Waals surface area contributed by atoms with Gasteiger partial charge in [-0.25, -0.2) is 9.97 Å². The van der Waals surface area contributed by atoms with Crippen LogP contribution in [0.1, 0.15) is 5.69 Å². The quantitative estimate of drug-likeness (QED) is 0.670. The molecule has 0 aromatic carbocycles. The maximum Gasteiger partial charge on any atom is 0.158 e. The van der Waals surface area contributed by atoms with E-state index in [2.05, 4.69) is 9.97 Å². The van der Waals surface area contributed by atoms with E-state index in [1.54, 1.807) is 6.20 Å². The Kier molecular flexibility index (Phi) is 2.80. The first-order valence-corrected chi connectivity index (χ1v) is 3.44. The zero-order valence-corrected chi connectivity index (χ0v) is 6.45. The standard InChI is InChI=1S/C7H11N3O/c1-6-7(11-3-2-8)4-9-5-10-6/h4-5H,2-3,8H2,1H3. The maximum atomic E-state index is 5.26. The molecule has 2 N–H and O–H groups in total. The molecule has 0 aliphatic rings. The van der Waals surface area contributed by atoms with Crippen LogP contribution in [-0.4, -0.2) is 23.1 Å². The number of ether oxygens (including phenoxy) is 1. The fourth-order valence-corrected chi connectivity index (χ4v) is 0.689. The van der Waals surface area contributed by atoms with Crippen LogP contribution in [0.5, 0.6) is 5.75 Å². The van der Waals surface area contributed by atoms with Crippen molar-refractivity contribution in [1.29, 1.82) is 0 Å². The summed E-state index contributed by atoms with van der Waals surface area (Å²) in [5.41, 5.74) is 6.10. The smallest absolute Gasteiger partial charge is 0.158 e. The van der Waals surface area contributed by atoms with Crippen molar-refractivity contribution in [3.63, 3.8) is 0 Å². The van der Waals surface area contributed by atoms with Crippen molar-refractivity contribution >= 4 is 0 Å². The predicted molar refractivity (Wildman–Crippen MR) is 41.3 cm³/mol. The fraction of sp³-hybridized carbons (Fsp3) is 0.429. The molecule has 0 radical (unpaired) electrons. The van der Waals surface area contributed by atoms with Crippen LogP contribution >= 0.6 is 0 Å². The molecule has 0 saturated heterocycles. The van der Waals surface area contributed by atoms with E-state index in [0.717, 1.165) is 5.69 Å². The van der Waals surface area contributed by atoms with Gasteiger partial charge in [0.05, 0.1) is 11.9 Å². The molecule has 1 rings (SSSR count). The van der Waals surface area contributed by atoms with Gasteiger partial charge in [-0.1, -0.05) is 0 Å². The number of nitrogens with zero attached hydrogens (tertiary/aromatic N) is 2. The van der Waals surface area contributed by atoms with Crippen LogP contribution in [0.3, 0.4) is 0 Å². The summed E-state index contributed by atoms with van der Waals surface area (Å²) in [5, 5.41) is 0. The van der Waals surface area contributed by atoms with Crippen LogP contribution in [-0.2, 0) is 0 Å². The Bertz CT molecular complexity index is 227. The molecular weight excluding hydrogens is 142 g/mol. The van der Waals surface area contributed by atoms with Gasteiger partial charge in [-0.05, 0) is 6.92 Å². The number of nitrogens with two attached hydrogens (primary N) is 1. The molecule has 0 saturated carbocycles. The van der Waals surface area contributed by atoms with Gasteiger partial charge in [0, 0.05) is 6.54 Å². The van der Waals surface area contributed by atoms with E-state index in [0.29, 0.717) is 18.9 Å². The molecule has 1 aromatic rings. The molecule has 4 nitrogen and oxygen atoms in total. The molecule has 0 atom stereocenters. The van der Waals surface area contributed by atoms with E-state index >= 15 is 0 Å². The zero-order valence-electron chi connectivity index (χ0n) is 6.45. The first kappa shape index (κ1) is 7.94. The van der Waals surface area contributed by atoms with Gasteiger partial charge in [0.15, 0.2) is 5.75 Å². The second-order valence-corrected chi connectivity index (χ2v) is 2.11. The van der Waals surface area contributed by atoms with Crippen LogP contribution in [0.4, 0.5) is 0 Å². The Morgan fingerprint density at radius 1 is 1.64 bits per heavy atom. The van der Waals surface area contributed by atoms with Crippen molar-refractivity contribution in [2.24, 2.45) is 5.73 Å². The molecule has 60 valence electrons. The minimum absolute atomic E-state index is 0.508. The van der Waals surface area contributed by atoms with Gasteiger partial charge in [-0.15, -0.1) is 0 Å². The molecule has 0 bridgehead atoms. The van der Waals surface area contributed by atoms with E-state index in [1.165, 1.54) is 6.33 Å². The number of hydrogen-bond acceptors (Lipinski definition) is 4. The summed E-state index contributed by atoms with van der Waals surface area (Å²) < 4.78 is 5.24. The second-order valence-electron chi connectivity index (χ2n) is 2.11. The van der Waals surface area contributed by atoms with Crippen LogP contribution < -0.4 is 10.5 Å². The molecular formula is C7H11N3O. The summed E-state index contributed by atoms with van der Waals surface area (Å²) in [4.78, 5) is 7.78. The molecule has 0 spiro atoms. The highest BCUT2D eigenvalue weighted by Gasteiger charge is 1.97. The van der Waals surface area contributed by atoms with Gasteiger partial charge in [0.2, 0.25) is 0 Å². The highest BCUT2D eigenvalue weighted by molar-refractivity contribution is 5.21. The zero-order chi connectivity index (χ0) is 8.10. The summed E-state index contributed by atoms with van der Waals surface area (Å²) in [6.45, 7) is 2.88. The third kappa shape index (κ3) is 2.16. The summed E-state index contributed by atoms with van der Waals surface area (Å²) in [6.07, 6.45) is 3.13. The minimum atomic E-state index is 0.508. The van der Waals surface area contributed by atoms with Gasteiger partial charge >= 0.3 is 0 Å². The predicted octanol–water partition coefficient (Wildman–Crippen LogP) is 0.123. The van der Waals surface area contributed by atoms with E-state index in [1.807, 2.05) is 6.92 Å². The van der Waals surface area contributed by atoms with Gasteiger partial charge in [0.1, 0.15) is 12.9 Å². The summed E-state index contributed by atoms with van der Waals surface area (Å²) in [5.74, 6) is 0.706. The van der Waals surface area contributed by atoms with E-state index in [-0.39, 0.29) is 0 Å². The fourth-order valence-electron chi connectivity index (χ4n) is 0.689. The Balaban J connectivity index is 2.62. The Labute approximate surface area is 65.4 Å². The second kappa shape index (κ2) is 3.88. The van der Waals surface area contributed by atoms with Crippen molar-refractivity contribution in [2.75, 3.05) is 13.2 Å². The summed E-state index contributed by atoms with van der Waals surface area (Å²) in [7, 11) is 0. The molecule has 0 unspecified atom stereocenters. The van der Waals surface area contributed by atoms with E-state index in [9.17, 15) is 0 Å². The van der Waals surface area contributed by atoms with Crippen molar-refractivity contribution < 1.29 is 4.74 Å². The van der Waals surface area contributed by atoms with Gasteiger partial charge in [-0.2, -0.15) is 0 Å². The molecule has 0 fully saturated rings. The first-order chi connectivity index (χ1) is 5.34. The SMILES string of the molecule is Cc1ncncc1OCCN. The summed E-state index contributed by atoms with van der Waals surface area (Å²) >= 11 is 0. The monoisotopic (exact) mass is 153 g/mol. The molecule has 1 heterocycles. The van der Waals surface area contributed by atoms with Gasteiger partial charge < -0.3 is 10.5 Å². The molecule has 0 amide bonds. The highest BCUT2D eigenvalue weighted by atomic mass is 16.5. The van der Waals surface area contributed by atoms with E-state index in [4.69, 9.17) is 10.5 Å². The molecule has 4 heteroatoms. The average molecular weight is 153 g/mol. The topological polar surface area (TPSA) is 61.0 Å². The Morgan fingerprint density at radius 2 is 2.45 bits per heavy atom. The number of rotatable bonds is 3. The van der Waals surface area contributed by atoms with Crippen LogP contribution in [0.2, 0.25) is 0 Å². The lowest BCUT2D eigenvalue weighted by molar-refractivity contribution is 0.323.